The van der Waals surface area contributed by atoms with Crippen LogP contribution in [0.4, 0.5) is 0 Å². The Hall–Kier alpha value is -2.18. The van der Waals surface area contributed by atoms with E-state index in [2.05, 4.69) is 15.2 Å². The number of carbonyl (C=O) groups is 2. The third-order valence-corrected chi connectivity index (χ3v) is 2.44. The topological polar surface area (TPSA) is 90.3 Å². The van der Waals surface area contributed by atoms with Crippen molar-refractivity contribution in [2.45, 2.75) is 26.3 Å². The summed E-state index contributed by atoms with van der Waals surface area (Å²) in [5, 5.41) is 6.31. The zero-order valence-corrected chi connectivity index (χ0v) is 11.0. The van der Waals surface area contributed by atoms with Gasteiger partial charge in [0, 0.05) is 12.6 Å². The molecule has 0 spiro atoms. The van der Waals surface area contributed by atoms with Gasteiger partial charge in [-0.3, -0.25) is 14.4 Å². The average molecular weight is 267 g/mol. The highest BCUT2D eigenvalue weighted by Gasteiger charge is 2.11. The summed E-state index contributed by atoms with van der Waals surface area (Å²) in [6.07, 6.45) is 1.73. The molecule has 0 aliphatic heterocycles. The molecule has 7 heteroatoms. The number of esters is 1. The second-order valence-electron chi connectivity index (χ2n) is 3.89. The number of amides is 1. The molecule has 0 fully saturated rings. The molecule has 0 saturated heterocycles. The molecule has 1 amide bonds. The summed E-state index contributed by atoms with van der Waals surface area (Å²) in [4.78, 5) is 34.1. The van der Waals surface area contributed by atoms with E-state index < -0.39 is 11.9 Å². The predicted molar refractivity (Wildman–Crippen MR) is 67.8 cm³/mol. The zero-order valence-electron chi connectivity index (χ0n) is 11.0. The summed E-state index contributed by atoms with van der Waals surface area (Å²) in [6, 6.07) is 2.62. The summed E-state index contributed by atoms with van der Waals surface area (Å²) in [6.45, 7) is 2.23. The van der Waals surface area contributed by atoms with Crippen LogP contribution in [0.25, 0.3) is 0 Å². The van der Waals surface area contributed by atoms with Crippen LogP contribution in [0.3, 0.4) is 0 Å². The van der Waals surface area contributed by atoms with Gasteiger partial charge in [-0.1, -0.05) is 13.3 Å². The van der Waals surface area contributed by atoms with E-state index in [9.17, 15) is 14.4 Å². The smallest absolute Gasteiger partial charge is 0.325 e. The van der Waals surface area contributed by atoms with E-state index in [1.807, 2.05) is 6.92 Å². The van der Waals surface area contributed by atoms with Gasteiger partial charge in [0.2, 0.25) is 0 Å². The van der Waals surface area contributed by atoms with Crippen molar-refractivity contribution in [3.05, 3.63) is 28.2 Å². The molecule has 1 heterocycles. The lowest BCUT2D eigenvalue weighted by atomic mass is 10.3. The maximum atomic E-state index is 11.7. The largest absolute Gasteiger partial charge is 0.468 e. The van der Waals surface area contributed by atoms with Crippen molar-refractivity contribution in [1.82, 2.24) is 15.1 Å². The van der Waals surface area contributed by atoms with Crippen molar-refractivity contribution in [3.8, 4) is 0 Å². The molecule has 0 aliphatic rings. The molecular weight excluding hydrogens is 250 g/mol. The van der Waals surface area contributed by atoms with Crippen LogP contribution in [0.2, 0.25) is 0 Å². The van der Waals surface area contributed by atoms with Crippen LogP contribution in [0.15, 0.2) is 16.9 Å². The van der Waals surface area contributed by atoms with Crippen molar-refractivity contribution in [3.63, 3.8) is 0 Å². The Labute approximate surface area is 110 Å². The van der Waals surface area contributed by atoms with Crippen LogP contribution in [0.5, 0.6) is 0 Å². The van der Waals surface area contributed by atoms with Gasteiger partial charge in [0.1, 0.15) is 12.2 Å². The normalized spacial score (nSPS) is 10.0. The Morgan fingerprint density at radius 1 is 1.42 bits per heavy atom. The summed E-state index contributed by atoms with van der Waals surface area (Å²) < 4.78 is 5.65. The number of methoxy groups -OCH3 is 1. The van der Waals surface area contributed by atoms with E-state index in [-0.39, 0.29) is 17.8 Å². The van der Waals surface area contributed by atoms with Gasteiger partial charge in [-0.15, -0.1) is 0 Å². The molecule has 0 radical (unpaired) electrons. The molecule has 0 aliphatic carbocycles. The van der Waals surface area contributed by atoms with Gasteiger partial charge in [0.15, 0.2) is 0 Å². The summed E-state index contributed by atoms with van der Waals surface area (Å²) in [5.74, 6) is -1.07. The minimum Gasteiger partial charge on any atom is -0.468 e. The number of nitrogens with one attached hydrogen (secondary N) is 1. The minimum absolute atomic E-state index is 0.0969. The Bertz CT molecular complexity index is 510. The highest BCUT2D eigenvalue weighted by atomic mass is 16.5. The summed E-state index contributed by atoms with van der Waals surface area (Å²) >= 11 is 0. The molecule has 7 nitrogen and oxygen atoms in total. The number of rotatable bonds is 6. The first-order valence-electron chi connectivity index (χ1n) is 6.01. The molecule has 1 rings (SSSR count). The zero-order chi connectivity index (χ0) is 14.3. The van der Waals surface area contributed by atoms with E-state index in [0.717, 1.165) is 12.8 Å². The van der Waals surface area contributed by atoms with Crippen molar-refractivity contribution >= 4 is 11.9 Å². The molecule has 0 unspecified atom stereocenters. The van der Waals surface area contributed by atoms with Gasteiger partial charge in [0.25, 0.3) is 11.5 Å². The van der Waals surface area contributed by atoms with E-state index in [4.69, 9.17) is 0 Å². The standard InChI is InChI=1S/C12H17N3O4/c1-3-4-7-15-10(16)6-5-9(14-15)12(18)13-8-11(17)19-2/h5-6H,3-4,7-8H2,1-2H3,(H,13,18). The fourth-order valence-corrected chi connectivity index (χ4v) is 1.35. The molecule has 1 N–H and O–H groups in total. The second-order valence-corrected chi connectivity index (χ2v) is 3.89. The second kappa shape index (κ2) is 7.30. The number of carbonyl (C=O) groups excluding carboxylic acids is 2. The number of nitrogens with zero attached hydrogens (tertiary/aromatic N) is 2. The number of aryl methyl sites for hydroxylation is 1. The van der Waals surface area contributed by atoms with Gasteiger partial charge in [-0.05, 0) is 12.5 Å². The van der Waals surface area contributed by atoms with Gasteiger partial charge >= 0.3 is 5.97 Å². The Kier molecular flexibility index (Phi) is 5.72. The maximum Gasteiger partial charge on any atom is 0.325 e. The van der Waals surface area contributed by atoms with Crippen LogP contribution < -0.4 is 10.9 Å². The average Bonchev–Trinajstić information content (AvgIpc) is 2.43. The quantitative estimate of drug-likeness (QED) is 0.729. The summed E-state index contributed by atoms with van der Waals surface area (Å²) in [7, 11) is 1.23. The summed E-state index contributed by atoms with van der Waals surface area (Å²) in [5.41, 5.74) is -0.155. The van der Waals surface area contributed by atoms with Gasteiger partial charge in [-0.25, -0.2) is 4.68 Å². The van der Waals surface area contributed by atoms with E-state index in [0.29, 0.717) is 6.54 Å². The van der Waals surface area contributed by atoms with E-state index in [1.54, 1.807) is 0 Å². The highest BCUT2D eigenvalue weighted by molar-refractivity contribution is 5.93. The van der Waals surface area contributed by atoms with Crippen molar-refractivity contribution in [2.75, 3.05) is 13.7 Å². The molecule has 0 aromatic carbocycles. The van der Waals surface area contributed by atoms with Crippen LogP contribution >= 0.6 is 0 Å². The molecule has 104 valence electrons. The molecule has 0 atom stereocenters. The predicted octanol–water partition coefficient (Wildman–Crippen LogP) is -0.0538. The van der Waals surface area contributed by atoms with E-state index >= 15 is 0 Å². The number of aromatic nitrogens is 2. The first-order chi connectivity index (χ1) is 9.08. The van der Waals surface area contributed by atoms with Crippen LogP contribution in [0, 0.1) is 0 Å². The minimum atomic E-state index is -0.548. The van der Waals surface area contributed by atoms with Crippen molar-refractivity contribution in [2.24, 2.45) is 0 Å². The monoisotopic (exact) mass is 267 g/mol. The number of ether oxygens (including phenoxy) is 1. The lowest BCUT2D eigenvalue weighted by molar-refractivity contribution is -0.139. The van der Waals surface area contributed by atoms with Crippen molar-refractivity contribution < 1.29 is 14.3 Å². The first-order valence-corrected chi connectivity index (χ1v) is 6.01. The number of hydrogen-bond donors (Lipinski definition) is 1. The molecule has 0 saturated carbocycles. The fraction of sp³-hybridized carbons (Fsp3) is 0.500. The van der Waals surface area contributed by atoms with Crippen LogP contribution in [-0.2, 0) is 16.1 Å². The number of unbranched alkanes of at least 4 members (excludes halogenated alkanes) is 1. The molecular formula is C12H17N3O4. The lowest BCUT2D eigenvalue weighted by Crippen LogP contribution is -2.33. The van der Waals surface area contributed by atoms with Crippen LogP contribution in [-0.4, -0.2) is 35.3 Å². The van der Waals surface area contributed by atoms with E-state index in [1.165, 1.54) is 23.9 Å². The lowest BCUT2D eigenvalue weighted by Gasteiger charge is -2.06. The first kappa shape index (κ1) is 14.9. The van der Waals surface area contributed by atoms with Crippen LogP contribution in [0.1, 0.15) is 30.3 Å². The maximum absolute atomic E-state index is 11.7. The molecule has 1 aromatic rings. The third-order valence-electron chi connectivity index (χ3n) is 2.44. The van der Waals surface area contributed by atoms with Gasteiger partial charge in [0.05, 0.1) is 7.11 Å². The van der Waals surface area contributed by atoms with Gasteiger partial charge in [-0.2, -0.15) is 5.10 Å². The van der Waals surface area contributed by atoms with Crippen molar-refractivity contribution in [1.29, 1.82) is 0 Å². The Balaban J connectivity index is 2.74. The molecule has 0 bridgehead atoms. The Morgan fingerprint density at radius 2 is 2.16 bits per heavy atom. The fourth-order valence-electron chi connectivity index (χ4n) is 1.35. The highest BCUT2D eigenvalue weighted by Crippen LogP contribution is 1.94. The third kappa shape index (κ3) is 4.53. The molecule has 19 heavy (non-hydrogen) atoms. The number of hydrogen-bond acceptors (Lipinski definition) is 5. The Morgan fingerprint density at radius 3 is 2.79 bits per heavy atom. The van der Waals surface area contributed by atoms with Gasteiger partial charge < -0.3 is 10.1 Å². The SMILES string of the molecule is CCCCn1nc(C(=O)NCC(=O)OC)ccc1=O. The molecule has 1 aromatic heterocycles.